The molecule has 0 atom stereocenters. The maximum atomic E-state index is 3.75. The second-order valence-electron chi connectivity index (χ2n) is 2.72. The number of hydrogen-bond donors (Lipinski definition) is 0. The van der Waals surface area contributed by atoms with Gasteiger partial charge < -0.3 is 0 Å². The van der Waals surface area contributed by atoms with Gasteiger partial charge in [-0.25, -0.2) is 0 Å². The third-order valence-electron chi connectivity index (χ3n) is 1.70. The van der Waals surface area contributed by atoms with Crippen molar-refractivity contribution in [1.82, 2.24) is 0 Å². The molecule has 0 aromatic rings. The van der Waals surface area contributed by atoms with Crippen LogP contribution in [0.1, 0.15) is 26.7 Å². The molecule has 58 valence electrons. The minimum Gasteiger partial charge on any atom is -0.186 e. The average Bonchev–Trinajstić information content (AvgIpc) is 1.65. The Morgan fingerprint density at radius 1 is 1.22 bits per heavy atom. The van der Waals surface area contributed by atoms with E-state index in [9.17, 15) is 0 Å². The molecule has 0 radical (unpaired) electrons. The van der Waals surface area contributed by atoms with Gasteiger partial charge >= 0.3 is 0 Å². The molecule has 0 bridgehead atoms. The van der Waals surface area contributed by atoms with E-state index in [4.69, 9.17) is 0 Å². The fourth-order valence-electron chi connectivity index (χ4n) is 1.08. The van der Waals surface area contributed by atoms with Crippen LogP contribution in [0, 0.1) is 0 Å². The van der Waals surface area contributed by atoms with Crippen molar-refractivity contribution >= 4 is 23.3 Å². The second kappa shape index (κ2) is 3.87. The van der Waals surface area contributed by atoms with E-state index in [0.29, 0.717) is 0 Å². The molecule has 0 amide bonds. The molecule has 0 aliphatic heterocycles. The third-order valence-corrected chi connectivity index (χ3v) is 5.54. The molecule has 0 aromatic heterocycles. The molecule has 9 heavy (non-hydrogen) atoms. The Morgan fingerprint density at radius 3 is 1.56 bits per heavy atom. The maximum absolute atomic E-state index is 3.75. The van der Waals surface area contributed by atoms with E-state index < -0.39 is 8.46 Å². The SMILES string of the molecule is CCC(CC)S(C)(C)Br. The Balaban J connectivity index is 3.79. The average molecular weight is 213 g/mol. The normalized spacial score (nSPS) is 14.4. The van der Waals surface area contributed by atoms with Gasteiger partial charge in [0.15, 0.2) is 0 Å². The number of halogens is 1. The van der Waals surface area contributed by atoms with E-state index in [1.54, 1.807) is 0 Å². The van der Waals surface area contributed by atoms with Gasteiger partial charge in [-0.15, -0.1) is 0 Å². The van der Waals surface area contributed by atoms with Crippen LogP contribution in [0.5, 0.6) is 0 Å². The molecule has 0 nitrogen and oxygen atoms in total. The van der Waals surface area contributed by atoms with E-state index in [2.05, 4.69) is 41.2 Å². The fraction of sp³-hybridized carbons (Fsp3) is 1.00. The van der Waals surface area contributed by atoms with Crippen LogP contribution in [0.15, 0.2) is 0 Å². The van der Waals surface area contributed by atoms with Gasteiger partial charge in [-0.1, -0.05) is 13.8 Å². The Bertz CT molecular complexity index is 71.5. The highest BCUT2D eigenvalue weighted by Gasteiger charge is 2.16. The van der Waals surface area contributed by atoms with Crippen LogP contribution in [-0.4, -0.2) is 17.8 Å². The summed E-state index contributed by atoms with van der Waals surface area (Å²) in [6.45, 7) is 4.54. The molecular formula is C7H17BrS. The van der Waals surface area contributed by atoms with Gasteiger partial charge in [-0.05, 0) is 45.4 Å². The van der Waals surface area contributed by atoms with Gasteiger partial charge in [0.1, 0.15) is 0 Å². The zero-order valence-electron chi connectivity index (χ0n) is 6.78. The predicted octanol–water partition coefficient (Wildman–Crippen LogP) is 3.55. The first-order valence-electron chi connectivity index (χ1n) is 3.44. The van der Waals surface area contributed by atoms with Gasteiger partial charge in [0.05, 0.1) is 0 Å². The number of rotatable bonds is 3. The summed E-state index contributed by atoms with van der Waals surface area (Å²) in [5, 5.41) is 0.900. The van der Waals surface area contributed by atoms with Crippen molar-refractivity contribution in [2.45, 2.75) is 31.9 Å². The van der Waals surface area contributed by atoms with E-state index in [1.807, 2.05) is 0 Å². The van der Waals surface area contributed by atoms with Gasteiger partial charge in [0.2, 0.25) is 0 Å². The first-order valence-corrected chi connectivity index (χ1v) is 7.79. The van der Waals surface area contributed by atoms with E-state index >= 15 is 0 Å². The van der Waals surface area contributed by atoms with Crippen LogP contribution >= 0.6 is 23.3 Å². The highest BCUT2D eigenvalue weighted by Crippen LogP contribution is 2.55. The molecule has 0 saturated heterocycles. The van der Waals surface area contributed by atoms with Crippen LogP contribution in [-0.2, 0) is 0 Å². The van der Waals surface area contributed by atoms with Gasteiger partial charge in [-0.3, -0.25) is 0 Å². The zero-order valence-corrected chi connectivity index (χ0v) is 9.18. The molecule has 0 N–H and O–H groups in total. The van der Waals surface area contributed by atoms with Gasteiger partial charge in [0, 0.05) is 0 Å². The zero-order chi connectivity index (χ0) is 7.49. The molecule has 0 fully saturated rings. The van der Waals surface area contributed by atoms with Crippen LogP contribution in [0.25, 0.3) is 0 Å². The first-order chi connectivity index (χ1) is 4.02. The summed E-state index contributed by atoms with van der Waals surface area (Å²) in [5.41, 5.74) is 0. The fourth-order valence-corrected chi connectivity index (χ4v) is 4.25. The third kappa shape index (κ3) is 3.51. The summed E-state index contributed by atoms with van der Waals surface area (Å²) in [6, 6.07) is 0. The van der Waals surface area contributed by atoms with Crippen molar-refractivity contribution < 1.29 is 0 Å². The predicted molar refractivity (Wildman–Crippen MR) is 52.7 cm³/mol. The summed E-state index contributed by atoms with van der Waals surface area (Å²) in [6.07, 6.45) is 7.27. The van der Waals surface area contributed by atoms with Crippen molar-refractivity contribution in [3.8, 4) is 0 Å². The summed E-state index contributed by atoms with van der Waals surface area (Å²) in [4.78, 5) is 0. The lowest BCUT2D eigenvalue weighted by Gasteiger charge is -2.32. The monoisotopic (exact) mass is 212 g/mol. The Morgan fingerprint density at radius 2 is 1.56 bits per heavy atom. The maximum Gasteiger partial charge on any atom is -0.00317 e. The molecular weight excluding hydrogens is 196 g/mol. The molecule has 0 heterocycles. The molecule has 0 aliphatic carbocycles. The lowest BCUT2D eigenvalue weighted by Crippen LogP contribution is -2.08. The minimum atomic E-state index is -0.453. The van der Waals surface area contributed by atoms with Crippen molar-refractivity contribution in [3.63, 3.8) is 0 Å². The van der Waals surface area contributed by atoms with Crippen LogP contribution in [0.2, 0.25) is 0 Å². The van der Waals surface area contributed by atoms with Crippen LogP contribution in [0.3, 0.4) is 0 Å². The molecule has 0 rings (SSSR count). The molecule has 0 aromatic carbocycles. The topological polar surface area (TPSA) is 0 Å². The van der Waals surface area contributed by atoms with Crippen molar-refractivity contribution in [2.24, 2.45) is 0 Å². The van der Waals surface area contributed by atoms with E-state index in [1.165, 1.54) is 12.8 Å². The number of hydrogen-bond acceptors (Lipinski definition) is 0. The quantitative estimate of drug-likeness (QED) is 0.672. The van der Waals surface area contributed by atoms with Crippen LogP contribution < -0.4 is 0 Å². The highest BCUT2D eigenvalue weighted by atomic mass is 79.9. The van der Waals surface area contributed by atoms with E-state index in [-0.39, 0.29) is 0 Å². The summed E-state index contributed by atoms with van der Waals surface area (Å²) >= 11 is 3.75. The summed E-state index contributed by atoms with van der Waals surface area (Å²) in [7, 11) is -0.453. The van der Waals surface area contributed by atoms with Crippen molar-refractivity contribution in [3.05, 3.63) is 0 Å². The minimum absolute atomic E-state index is 0.453. The lowest BCUT2D eigenvalue weighted by molar-refractivity contribution is 0.789. The Kier molecular flexibility index (Phi) is 4.22. The Labute approximate surface area is 67.9 Å². The summed E-state index contributed by atoms with van der Waals surface area (Å²) < 4.78 is 0. The Hall–Kier alpha value is 0.830. The standard InChI is InChI=1S/C7H17BrS/c1-5-7(6-2)9(3,4)8/h7H,5-6H2,1-4H3. The van der Waals surface area contributed by atoms with E-state index in [0.717, 1.165) is 5.25 Å². The molecule has 0 unspecified atom stereocenters. The molecule has 0 spiro atoms. The second-order valence-corrected chi connectivity index (χ2v) is 10.9. The van der Waals surface area contributed by atoms with Crippen molar-refractivity contribution in [1.29, 1.82) is 0 Å². The molecule has 2 heteroatoms. The molecule has 0 saturated carbocycles. The highest BCUT2D eigenvalue weighted by molar-refractivity contribution is 9.58. The first kappa shape index (κ1) is 9.83. The van der Waals surface area contributed by atoms with Crippen LogP contribution in [0.4, 0.5) is 0 Å². The largest absolute Gasteiger partial charge is 0.186 e. The smallest absolute Gasteiger partial charge is 0.00317 e. The summed E-state index contributed by atoms with van der Waals surface area (Å²) in [5.74, 6) is 0. The van der Waals surface area contributed by atoms with Crippen molar-refractivity contribution in [2.75, 3.05) is 12.5 Å². The molecule has 0 aliphatic rings. The lowest BCUT2D eigenvalue weighted by atomic mass is 10.3. The van der Waals surface area contributed by atoms with Gasteiger partial charge in [0.25, 0.3) is 0 Å². The van der Waals surface area contributed by atoms with Gasteiger partial charge in [-0.2, -0.15) is 8.46 Å².